The maximum atomic E-state index is 9.38. The van der Waals surface area contributed by atoms with E-state index in [4.69, 9.17) is 121 Å². The van der Waals surface area contributed by atoms with Crippen molar-refractivity contribution in [1.29, 1.82) is 0 Å². The molecule has 1 N–H and O–H groups in total. The minimum atomic E-state index is -0.711. The van der Waals surface area contributed by atoms with Crippen LogP contribution in [0.2, 0.25) is 0 Å². The Balaban J connectivity index is -0.000000234. The smallest absolute Gasteiger partial charge is 0.164 e. The summed E-state index contributed by atoms with van der Waals surface area (Å²) < 4.78 is 0. The van der Waals surface area contributed by atoms with Gasteiger partial charge in [0, 0.05) is 5.54 Å². The number of aliphatic hydroxyl groups excluding tert-OH is 1. The molecule has 0 saturated carbocycles. The highest BCUT2D eigenvalue weighted by molar-refractivity contribution is 6.54. The van der Waals surface area contributed by atoms with Crippen molar-refractivity contribution in [2.75, 3.05) is 0 Å². The van der Waals surface area contributed by atoms with Crippen LogP contribution in [0.1, 0.15) is 0 Å². The predicted molar refractivity (Wildman–Crippen MR) is 98.5 cm³/mol. The van der Waals surface area contributed by atoms with Crippen LogP contribution in [0.3, 0.4) is 0 Å². The van der Waals surface area contributed by atoms with Gasteiger partial charge in [-0.1, -0.05) is 58.0 Å². The summed E-state index contributed by atoms with van der Waals surface area (Å²) in [4.78, 5) is 7.26. The van der Waals surface area contributed by atoms with Gasteiger partial charge in [0.1, 0.15) is 25.8 Å². The Kier molecular flexibility index (Phi) is 24.0. The van der Waals surface area contributed by atoms with Gasteiger partial charge in [-0.25, -0.2) is 0 Å². The number of carbonyl (C=O) groups is 1. The number of rotatable bonds is 4. The van der Waals surface area contributed by atoms with E-state index < -0.39 is 19.9 Å². The van der Waals surface area contributed by atoms with Gasteiger partial charge in [0.05, 0.1) is 10.4 Å². The van der Waals surface area contributed by atoms with E-state index >= 15 is 0 Å². The molecule has 0 saturated heterocycles. The molecule has 0 spiro atoms. The Hall–Kier alpha value is 1.85. The molecule has 0 aromatic carbocycles. The van der Waals surface area contributed by atoms with Crippen LogP contribution >= 0.6 is 116 Å². The molecular weight excluding hydrogens is 495 g/mol. The lowest BCUT2D eigenvalue weighted by molar-refractivity contribution is -0.104. The first-order valence-electron chi connectivity index (χ1n) is 4.44. The minimum Gasteiger partial charge on any atom is -0.514 e. The van der Waals surface area contributed by atoms with E-state index in [1.165, 1.54) is 0 Å². The maximum absolute atomic E-state index is 9.38. The largest absolute Gasteiger partial charge is 0.514 e. The van der Waals surface area contributed by atoms with Crippen LogP contribution in [0.25, 0.3) is 0 Å². The standard InChI is InChI=1S/C3H3Cl5.C3H2Cl4.C3H3ClO2/c4-1(2(5)6)3(7)8;4-1-2(5)3(6)7;4-3(1-5)2-6/h1-3H;1,3H;1-2,5H/b;2-1+;3-1+. The number of hydrogen-bond acceptors (Lipinski definition) is 2. The Bertz CT molecular complexity index is 308. The van der Waals surface area contributed by atoms with E-state index in [0.29, 0.717) is 12.5 Å². The van der Waals surface area contributed by atoms with Gasteiger partial charge in [-0.3, -0.25) is 4.79 Å². The number of hydrogen-bond donors (Lipinski definition) is 1. The fourth-order valence-corrected chi connectivity index (χ4v) is 1.45. The fourth-order valence-electron chi connectivity index (χ4n) is 0.188. The molecule has 126 valence electrons. The summed E-state index contributed by atoms with van der Waals surface area (Å²) in [6.07, 6.45) is 0.885. The number of aliphatic hydroxyl groups is 1. The summed E-state index contributed by atoms with van der Waals surface area (Å²) in [7, 11) is 0. The van der Waals surface area contributed by atoms with Gasteiger partial charge in [0.25, 0.3) is 0 Å². The summed E-state index contributed by atoms with van der Waals surface area (Å²) >= 11 is 52.2. The van der Waals surface area contributed by atoms with Gasteiger partial charge >= 0.3 is 0 Å². The molecule has 0 aromatic rings. The lowest BCUT2D eigenvalue weighted by Crippen LogP contribution is -2.16. The van der Waals surface area contributed by atoms with Crippen LogP contribution in [0, 0.1) is 0 Å². The molecule has 0 heterocycles. The first-order valence-corrected chi connectivity index (χ1v) is 8.69. The van der Waals surface area contributed by atoms with Gasteiger partial charge in [-0.2, -0.15) is 0 Å². The van der Waals surface area contributed by atoms with Crippen molar-refractivity contribution in [2.45, 2.75) is 19.9 Å². The number of allylic oxidation sites excluding steroid dienone is 2. The summed E-state index contributed by atoms with van der Waals surface area (Å²) in [6, 6.07) is 0. The van der Waals surface area contributed by atoms with E-state index in [1.807, 2.05) is 0 Å². The molecule has 0 aromatic heterocycles. The molecule has 12 heteroatoms. The van der Waals surface area contributed by atoms with Crippen molar-refractivity contribution in [2.24, 2.45) is 0 Å². The molecule has 0 aliphatic rings. The normalized spacial score (nSPS) is 12.1. The van der Waals surface area contributed by atoms with Crippen molar-refractivity contribution < 1.29 is 9.90 Å². The molecule has 0 fully saturated rings. The van der Waals surface area contributed by atoms with E-state index in [1.54, 1.807) is 0 Å². The maximum Gasteiger partial charge on any atom is 0.164 e. The topological polar surface area (TPSA) is 37.3 Å². The molecular formula is C9H8Cl10O2. The van der Waals surface area contributed by atoms with Gasteiger partial charge in [0.2, 0.25) is 0 Å². The molecule has 0 bridgehead atoms. The van der Waals surface area contributed by atoms with Crippen LogP contribution in [-0.2, 0) is 4.79 Å². The molecule has 0 amide bonds. The molecule has 0 aliphatic carbocycles. The van der Waals surface area contributed by atoms with Crippen LogP contribution in [0.4, 0.5) is 0 Å². The number of aldehydes is 1. The third kappa shape index (κ3) is 21.9. The first kappa shape index (κ1) is 27.7. The molecule has 0 aliphatic heterocycles. The zero-order chi connectivity index (χ0) is 17.6. The van der Waals surface area contributed by atoms with Crippen molar-refractivity contribution >= 4 is 122 Å². The molecule has 2 nitrogen and oxygen atoms in total. The summed E-state index contributed by atoms with van der Waals surface area (Å²) in [5, 5.41) is 7.27. The second-order valence-corrected chi connectivity index (χ2v) is 7.56. The first-order chi connectivity index (χ1) is 9.54. The van der Waals surface area contributed by atoms with Crippen molar-refractivity contribution in [3.05, 3.63) is 21.9 Å². The van der Waals surface area contributed by atoms with Gasteiger partial charge < -0.3 is 5.11 Å². The molecule has 0 radical (unpaired) electrons. The molecule has 0 rings (SSSR count). The number of carbonyl (C=O) groups excluding carboxylic acids is 1. The highest BCUT2D eigenvalue weighted by atomic mass is 35.5. The van der Waals surface area contributed by atoms with E-state index in [-0.39, 0.29) is 10.1 Å². The Morgan fingerprint density at radius 1 is 0.905 bits per heavy atom. The number of alkyl halides is 7. The Morgan fingerprint density at radius 3 is 1.29 bits per heavy atom. The average molecular weight is 503 g/mol. The minimum absolute atomic E-state index is 0.185. The lowest BCUT2D eigenvalue weighted by Gasteiger charge is -2.08. The zero-order valence-corrected chi connectivity index (χ0v) is 17.2. The lowest BCUT2D eigenvalue weighted by atomic mass is 10.5. The number of halogens is 10. The highest BCUT2D eigenvalue weighted by Gasteiger charge is 2.20. The molecule has 0 unspecified atom stereocenters. The third-order valence-corrected chi connectivity index (χ3v) is 4.69. The van der Waals surface area contributed by atoms with Crippen LogP contribution in [-0.4, -0.2) is 31.3 Å². The summed E-state index contributed by atoms with van der Waals surface area (Å²) in [5.41, 5.74) is 1.13. The monoisotopic (exact) mass is 498 g/mol. The zero-order valence-electron chi connectivity index (χ0n) is 9.68. The average Bonchev–Trinajstić information content (AvgIpc) is 2.45. The van der Waals surface area contributed by atoms with E-state index in [9.17, 15) is 4.79 Å². The Labute approximate surface area is 172 Å². The molecule has 21 heavy (non-hydrogen) atoms. The van der Waals surface area contributed by atoms with Gasteiger partial charge in [-0.15, -0.1) is 58.0 Å². The van der Waals surface area contributed by atoms with E-state index in [2.05, 4.69) is 0 Å². The van der Waals surface area contributed by atoms with Crippen LogP contribution < -0.4 is 0 Å². The predicted octanol–water partition coefficient (Wildman–Crippen LogP) is 7.13. The van der Waals surface area contributed by atoms with Gasteiger partial charge in [-0.05, 0) is 0 Å². The van der Waals surface area contributed by atoms with E-state index in [0.717, 1.165) is 5.54 Å². The second-order valence-electron chi connectivity index (χ2n) is 2.54. The molecule has 0 atom stereocenters. The fraction of sp³-hybridized carbons (Fsp3) is 0.444. The second kappa shape index (κ2) is 18.2. The SMILES string of the molecule is Cl/C=C(/Cl)C(Cl)Cl.ClC(Cl)C(Cl)C(Cl)Cl.O=C/C(Cl)=C\O. The van der Waals surface area contributed by atoms with Crippen molar-refractivity contribution in [3.8, 4) is 0 Å². The summed E-state index contributed by atoms with van der Waals surface area (Å²) in [5.74, 6) is 0. The Morgan fingerprint density at radius 2 is 1.29 bits per heavy atom. The summed E-state index contributed by atoms with van der Waals surface area (Å²) in [6.45, 7) is 0. The third-order valence-electron chi connectivity index (χ3n) is 1.03. The van der Waals surface area contributed by atoms with Crippen molar-refractivity contribution in [1.82, 2.24) is 0 Å². The van der Waals surface area contributed by atoms with Crippen LogP contribution in [0.15, 0.2) is 21.9 Å². The highest BCUT2D eigenvalue weighted by Crippen LogP contribution is 2.23. The van der Waals surface area contributed by atoms with Gasteiger partial charge in [0.15, 0.2) is 6.29 Å². The quantitative estimate of drug-likeness (QED) is 0.192. The van der Waals surface area contributed by atoms with Crippen molar-refractivity contribution in [3.63, 3.8) is 0 Å². The van der Waals surface area contributed by atoms with Crippen LogP contribution in [0.5, 0.6) is 0 Å².